The Kier molecular flexibility index (Phi) is 4.04. The number of rotatable bonds is 0. The molecule has 1 N–H and O–H groups in total. The van der Waals surface area contributed by atoms with Gasteiger partial charge in [-0.25, -0.2) is 0 Å². The van der Waals surface area contributed by atoms with Crippen molar-refractivity contribution in [3.63, 3.8) is 0 Å². The van der Waals surface area contributed by atoms with Gasteiger partial charge in [0, 0.05) is 5.25 Å². The maximum atomic E-state index is 3.47. The van der Waals surface area contributed by atoms with Gasteiger partial charge in [-0.05, 0) is 44.0 Å². The molecule has 0 radical (unpaired) electrons. The molecule has 0 bridgehead atoms. The quantitative estimate of drug-likeness (QED) is 0.631. The molecule has 1 nitrogen and oxygen atoms in total. The first-order valence-corrected chi connectivity index (χ1v) is 5.34. The molecule has 3 heteroatoms. The van der Waals surface area contributed by atoms with E-state index < -0.39 is 0 Å². The molecule has 2 aliphatic rings. The number of nitrogens with one attached hydrogen (secondary N) is 1. The van der Waals surface area contributed by atoms with Gasteiger partial charge in [0.1, 0.15) is 0 Å². The van der Waals surface area contributed by atoms with Gasteiger partial charge in [-0.15, -0.1) is 12.4 Å². The summed E-state index contributed by atoms with van der Waals surface area (Å²) in [6, 6.07) is 0. The van der Waals surface area contributed by atoms with Gasteiger partial charge < -0.3 is 5.32 Å². The van der Waals surface area contributed by atoms with E-state index in [4.69, 9.17) is 0 Å². The van der Waals surface area contributed by atoms with Crippen LogP contribution >= 0.6 is 24.2 Å². The van der Waals surface area contributed by atoms with Gasteiger partial charge in [0.15, 0.2) is 0 Å². The lowest BCUT2D eigenvalue weighted by Crippen LogP contribution is -2.40. The third kappa shape index (κ3) is 2.27. The fraction of sp³-hybridized carbons (Fsp3) is 1.00. The summed E-state index contributed by atoms with van der Waals surface area (Å²) in [4.78, 5) is 0. The van der Waals surface area contributed by atoms with Gasteiger partial charge in [-0.1, -0.05) is 0 Å². The van der Waals surface area contributed by atoms with Crippen LogP contribution in [-0.4, -0.2) is 24.1 Å². The molecule has 2 unspecified atom stereocenters. The molecule has 2 atom stereocenters. The minimum atomic E-state index is 0. The van der Waals surface area contributed by atoms with Crippen LogP contribution in [0.15, 0.2) is 0 Å². The Bertz CT molecular complexity index is 94.7. The molecular weight excluding hydrogens is 178 g/mol. The summed E-state index contributed by atoms with van der Waals surface area (Å²) in [6.45, 7) is 2.55. The molecule has 2 heterocycles. The van der Waals surface area contributed by atoms with Gasteiger partial charge in [-0.3, -0.25) is 0 Å². The van der Waals surface area contributed by atoms with Crippen LogP contribution in [-0.2, 0) is 0 Å². The second kappa shape index (κ2) is 4.58. The summed E-state index contributed by atoms with van der Waals surface area (Å²) in [5.74, 6) is 2.42. The van der Waals surface area contributed by atoms with Crippen molar-refractivity contribution in [1.29, 1.82) is 0 Å². The topological polar surface area (TPSA) is 12.0 Å². The van der Waals surface area contributed by atoms with E-state index in [1.165, 1.54) is 38.1 Å². The van der Waals surface area contributed by atoms with E-state index in [1.54, 1.807) is 0 Å². The van der Waals surface area contributed by atoms with Gasteiger partial charge in [-0.2, -0.15) is 11.8 Å². The van der Waals surface area contributed by atoms with Crippen LogP contribution in [0.1, 0.15) is 19.3 Å². The van der Waals surface area contributed by atoms with E-state index in [0.717, 1.165) is 11.2 Å². The van der Waals surface area contributed by atoms with E-state index >= 15 is 0 Å². The molecule has 66 valence electrons. The number of halogens is 1. The molecule has 0 aromatic carbocycles. The lowest BCUT2D eigenvalue weighted by molar-refractivity contribution is 0.358. The molecule has 2 rings (SSSR count). The highest BCUT2D eigenvalue weighted by Gasteiger charge is 2.27. The van der Waals surface area contributed by atoms with Crippen LogP contribution in [0.2, 0.25) is 0 Å². The van der Waals surface area contributed by atoms with Crippen LogP contribution in [0.5, 0.6) is 0 Å². The maximum Gasteiger partial charge on any atom is 0.00994 e. The lowest BCUT2D eigenvalue weighted by Gasteiger charge is -2.35. The molecule has 0 aromatic heterocycles. The molecule has 0 amide bonds. The lowest BCUT2D eigenvalue weighted by atomic mass is 9.94. The standard InChI is InChI=1S/C8H15NS.ClH/c1-2-7-6-9-4-3-8(7)10-5-1;/h7-9H,1-6H2;1H. The average molecular weight is 194 g/mol. The van der Waals surface area contributed by atoms with Gasteiger partial charge >= 0.3 is 0 Å². The Morgan fingerprint density at radius 1 is 1.27 bits per heavy atom. The summed E-state index contributed by atoms with van der Waals surface area (Å²) >= 11 is 2.21. The SMILES string of the molecule is C1CSC2CCNCC2C1.Cl. The Morgan fingerprint density at radius 3 is 3.00 bits per heavy atom. The van der Waals surface area contributed by atoms with Crippen molar-refractivity contribution in [2.24, 2.45) is 5.92 Å². The molecule has 2 fully saturated rings. The van der Waals surface area contributed by atoms with Gasteiger partial charge in [0.25, 0.3) is 0 Å². The van der Waals surface area contributed by atoms with Crippen molar-refractivity contribution in [2.75, 3.05) is 18.8 Å². The van der Waals surface area contributed by atoms with E-state index in [2.05, 4.69) is 17.1 Å². The number of hydrogen-bond donors (Lipinski definition) is 1. The molecule has 0 aliphatic carbocycles. The normalized spacial score (nSPS) is 37.1. The second-order valence-electron chi connectivity index (χ2n) is 3.30. The van der Waals surface area contributed by atoms with Gasteiger partial charge in [0.2, 0.25) is 0 Å². The zero-order chi connectivity index (χ0) is 6.81. The first-order valence-electron chi connectivity index (χ1n) is 4.29. The third-order valence-electron chi connectivity index (χ3n) is 2.59. The minimum Gasteiger partial charge on any atom is -0.316 e. The smallest absolute Gasteiger partial charge is 0.00994 e. The number of hydrogen-bond acceptors (Lipinski definition) is 2. The molecule has 0 aromatic rings. The maximum absolute atomic E-state index is 3.47. The number of thioether (sulfide) groups is 1. The van der Waals surface area contributed by atoms with E-state index in [1.807, 2.05) is 0 Å². The molecule has 0 saturated carbocycles. The highest BCUT2D eigenvalue weighted by Crippen LogP contribution is 2.33. The summed E-state index contributed by atoms with van der Waals surface area (Å²) in [6.07, 6.45) is 4.34. The van der Waals surface area contributed by atoms with Crippen molar-refractivity contribution in [3.8, 4) is 0 Å². The minimum absolute atomic E-state index is 0. The van der Waals surface area contributed by atoms with Gasteiger partial charge in [0.05, 0.1) is 0 Å². The van der Waals surface area contributed by atoms with E-state index in [-0.39, 0.29) is 12.4 Å². The molecule has 11 heavy (non-hydrogen) atoms. The van der Waals surface area contributed by atoms with Crippen LogP contribution in [0, 0.1) is 5.92 Å². The highest BCUT2D eigenvalue weighted by molar-refractivity contribution is 7.99. The summed E-state index contributed by atoms with van der Waals surface area (Å²) in [7, 11) is 0. The summed E-state index contributed by atoms with van der Waals surface area (Å²) in [5, 5.41) is 4.48. The predicted octanol–water partition coefficient (Wildman–Crippen LogP) is 1.91. The Balaban J connectivity index is 0.000000605. The zero-order valence-electron chi connectivity index (χ0n) is 6.71. The average Bonchev–Trinajstić information content (AvgIpc) is 2.05. The van der Waals surface area contributed by atoms with Crippen molar-refractivity contribution >= 4 is 24.2 Å². The summed E-state index contributed by atoms with van der Waals surface area (Å²) < 4.78 is 0. The predicted molar refractivity (Wildman–Crippen MR) is 53.7 cm³/mol. The van der Waals surface area contributed by atoms with Crippen LogP contribution in [0.25, 0.3) is 0 Å². The highest BCUT2D eigenvalue weighted by atomic mass is 35.5. The van der Waals surface area contributed by atoms with Crippen molar-refractivity contribution in [2.45, 2.75) is 24.5 Å². The Labute approximate surface area is 79.1 Å². The largest absolute Gasteiger partial charge is 0.316 e. The summed E-state index contributed by atoms with van der Waals surface area (Å²) in [5.41, 5.74) is 0. The second-order valence-corrected chi connectivity index (χ2v) is 4.65. The molecular formula is C8H16ClNS. The fourth-order valence-corrected chi connectivity index (χ4v) is 3.41. The first-order chi connectivity index (χ1) is 4.97. The number of piperidine rings is 1. The molecule has 2 saturated heterocycles. The van der Waals surface area contributed by atoms with Crippen LogP contribution < -0.4 is 5.32 Å². The molecule has 2 aliphatic heterocycles. The van der Waals surface area contributed by atoms with Crippen molar-refractivity contribution < 1.29 is 0 Å². The van der Waals surface area contributed by atoms with E-state index in [9.17, 15) is 0 Å². The van der Waals surface area contributed by atoms with E-state index in [0.29, 0.717) is 0 Å². The Hall–Kier alpha value is 0.600. The third-order valence-corrected chi connectivity index (χ3v) is 4.16. The van der Waals surface area contributed by atoms with Crippen molar-refractivity contribution in [3.05, 3.63) is 0 Å². The van der Waals surface area contributed by atoms with Crippen LogP contribution in [0.4, 0.5) is 0 Å². The monoisotopic (exact) mass is 193 g/mol. The van der Waals surface area contributed by atoms with Crippen molar-refractivity contribution in [1.82, 2.24) is 5.32 Å². The zero-order valence-corrected chi connectivity index (χ0v) is 8.35. The molecule has 0 spiro atoms. The Morgan fingerprint density at radius 2 is 2.18 bits per heavy atom. The first kappa shape index (κ1) is 9.69. The number of fused-ring (bicyclic) bond motifs is 1. The fourth-order valence-electron chi connectivity index (χ4n) is 1.99. The van der Waals surface area contributed by atoms with Crippen LogP contribution in [0.3, 0.4) is 0 Å².